The van der Waals surface area contributed by atoms with E-state index in [2.05, 4.69) is 0 Å². The van der Waals surface area contributed by atoms with Crippen LogP contribution in [0.5, 0.6) is 0 Å². The van der Waals surface area contributed by atoms with Gasteiger partial charge in [0.2, 0.25) is 0 Å². The standard InChI is InChI=1S/C2H6O.B.Na/c1-2-3;;/h3H,2H2,1H3;;/q;-1;+1. The Morgan fingerprint density at radius 2 is 1.60 bits per heavy atom. The van der Waals surface area contributed by atoms with Crippen LogP contribution in [-0.4, -0.2) is 20.1 Å². The van der Waals surface area contributed by atoms with Crippen LogP contribution >= 0.6 is 0 Å². The maximum atomic E-state index is 7.57. The molecule has 0 amide bonds. The Kier molecular flexibility index (Phi) is 66.0. The summed E-state index contributed by atoms with van der Waals surface area (Å²) in [5, 5.41) is 7.57. The van der Waals surface area contributed by atoms with Gasteiger partial charge in [-0.1, -0.05) is 0 Å². The second-order valence-electron chi connectivity index (χ2n) is 0.316. The molecule has 0 fully saturated rings. The first kappa shape index (κ1) is 16.6. The summed E-state index contributed by atoms with van der Waals surface area (Å²) in [6, 6.07) is 0. The molecule has 0 rings (SSSR count). The molecule has 1 N–H and O–H groups in total. The Balaban J connectivity index is -0.0000000200. The minimum absolute atomic E-state index is 0. The maximum absolute atomic E-state index is 7.57. The molecular weight excluding hydrogens is 73.8 g/mol. The number of hydrogen-bond acceptors (Lipinski definition) is 1. The molecule has 0 atom stereocenters. The van der Waals surface area contributed by atoms with Crippen molar-refractivity contribution >= 4 is 8.41 Å². The van der Waals surface area contributed by atoms with Gasteiger partial charge in [0.15, 0.2) is 0 Å². The van der Waals surface area contributed by atoms with E-state index in [4.69, 9.17) is 5.11 Å². The fraction of sp³-hybridized carbons (Fsp3) is 1.00. The smallest absolute Gasteiger partial charge is 1.00 e. The van der Waals surface area contributed by atoms with Gasteiger partial charge in [-0.15, -0.1) is 0 Å². The molecule has 0 heterocycles. The molecule has 0 aromatic rings. The van der Waals surface area contributed by atoms with E-state index in [0.29, 0.717) is 0 Å². The van der Waals surface area contributed by atoms with E-state index < -0.39 is 0 Å². The Morgan fingerprint density at radius 3 is 1.60 bits per heavy atom. The van der Waals surface area contributed by atoms with E-state index in [1.54, 1.807) is 6.92 Å². The van der Waals surface area contributed by atoms with Crippen molar-refractivity contribution < 1.29 is 34.7 Å². The van der Waals surface area contributed by atoms with Crippen LogP contribution in [0.3, 0.4) is 0 Å². The van der Waals surface area contributed by atoms with Crippen LogP contribution in [-0.2, 0) is 0 Å². The largest absolute Gasteiger partial charge is 1.00 e. The van der Waals surface area contributed by atoms with Crippen molar-refractivity contribution in [3.63, 3.8) is 0 Å². The molecule has 0 bridgehead atoms. The van der Waals surface area contributed by atoms with E-state index in [1.807, 2.05) is 0 Å². The molecule has 0 saturated heterocycles. The predicted octanol–water partition coefficient (Wildman–Crippen LogP) is -3.38. The van der Waals surface area contributed by atoms with Gasteiger partial charge in [0.1, 0.15) is 0 Å². The second-order valence-corrected chi connectivity index (χ2v) is 0.316. The molecule has 4 radical (unpaired) electrons. The van der Waals surface area contributed by atoms with Gasteiger partial charge in [-0.3, -0.25) is 0 Å². The van der Waals surface area contributed by atoms with Crippen LogP contribution < -0.4 is 29.6 Å². The van der Waals surface area contributed by atoms with Crippen molar-refractivity contribution in [2.75, 3.05) is 6.61 Å². The van der Waals surface area contributed by atoms with Crippen LogP contribution in [0.25, 0.3) is 0 Å². The zero-order chi connectivity index (χ0) is 2.71. The summed E-state index contributed by atoms with van der Waals surface area (Å²) in [4.78, 5) is 0. The Labute approximate surface area is 56.6 Å². The maximum Gasteiger partial charge on any atom is 1.00 e. The molecule has 5 heavy (non-hydrogen) atoms. The molecule has 3 heteroatoms. The zero-order valence-electron chi connectivity index (χ0n) is 3.73. The average molecular weight is 79.9 g/mol. The van der Waals surface area contributed by atoms with Gasteiger partial charge in [-0.05, 0) is 6.92 Å². The summed E-state index contributed by atoms with van der Waals surface area (Å²) in [6.07, 6.45) is 0. The van der Waals surface area contributed by atoms with E-state index in [1.165, 1.54) is 0 Å². The third-order valence-corrected chi connectivity index (χ3v) is 0. The van der Waals surface area contributed by atoms with Crippen molar-refractivity contribution in [2.45, 2.75) is 6.92 Å². The molecule has 0 saturated carbocycles. The minimum Gasteiger partial charge on any atom is -1.00 e. The van der Waals surface area contributed by atoms with Gasteiger partial charge in [-0.25, -0.2) is 0 Å². The Bertz CT molecular complexity index is 9.61. The first-order valence-corrected chi connectivity index (χ1v) is 1.02. The monoisotopic (exact) mass is 80.0 g/mol. The van der Waals surface area contributed by atoms with Crippen molar-refractivity contribution in [3.8, 4) is 0 Å². The molecular formula is C2H6BNaO. The van der Waals surface area contributed by atoms with Crippen LogP contribution in [0.4, 0.5) is 0 Å². The molecule has 0 aliphatic carbocycles. The summed E-state index contributed by atoms with van der Waals surface area (Å²) >= 11 is 0. The van der Waals surface area contributed by atoms with Gasteiger partial charge < -0.3 is 13.5 Å². The zero-order valence-corrected chi connectivity index (χ0v) is 5.73. The van der Waals surface area contributed by atoms with Crippen molar-refractivity contribution in [1.82, 2.24) is 0 Å². The van der Waals surface area contributed by atoms with Crippen molar-refractivity contribution in [2.24, 2.45) is 0 Å². The summed E-state index contributed by atoms with van der Waals surface area (Å²) in [7, 11) is 0. The molecule has 0 aliphatic rings. The van der Waals surface area contributed by atoms with Gasteiger partial charge >= 0.3 is 29.6 Å². The second kappa shape index (κ2) is 19.9. The third kappa shape index (κ3) is 43.8. The van der Waals surface area contributed by atoms with Crippen LogP contribution in [0, 0.1) is 0 Å². The normalized spacial score (nSPS) is 3.60. The number of aliphatic hydroxyl groups excluding tert-OH is 1. The Morgan fingerprint density at radius 1 is 1.60 bits per heavy atom. The minimum atomic E-state index is 0. The first-order valence-electron chi connectivity index (χ1n) is 1.02. The topological polar surface area (TPSA) is 20.2 Å². The van der Waals surface area contributed by atoms with Gasteiger partial charge in [0, 0.05) is 6.61 Å². The first-order chi connectivity index (χ1) is 1.41. The molecule has 0 aliphatic heterocycles. The quantitative estimate of drug-likeness (QED) is 0.301. The molecule has 0 aromatic carbocycles. The molecule has 1 nitrogen and oxygen atoms in total. The third-order valence-electron chi connectivity index (χ3n) is 0. The fourth-order valence-corrected chi connectivity index (χ4v) is 0. The van der Waals surface area contributed by atoms with E-state index in [9.17, 15) is 0 Å². The summed E-state index contributed by atoms with van der Waals surface area (Å²) in [5.41, 5.74) is 0. The number of hydrogen-bond donors (Lipinski definition) is 1. The van der Waals surface area contributed by atoms with E-state index >= 15 is 0 Å². The predicted molar refractivity (Wildman–Crippen MR) is 18.5 cm³/mol. The van der Waals surface area contributed by atoms with E-state index in [-0.39, 0.29) is 44.6 Å². The number of aliphatic hydroxyl groups is 1. The van der Waals surface area contributed by atoms with Crippen LogP contribution in [0.2, 0.25) is 0 Å². The number of rotatable bonds is 0. The molecule has 0 spiro atoms. The van der Waals surface area contributed by atoms with Gasteiger partial charge in [0.05, 0.1) is 0 Å². The van der Waals surface area contributed by atoms with Gasteiger partial charge in [-0.2, -0.15) is 0 Å². The van der Waals surface area contributed by atoms with Crippen molar-refractivity contribution in [1.29, 1.82) is 0 Å². The average Bonchev–Trinajstić information content (AvgIpc) is 0.918. The van der Waals surface area contributed by atoms with Crippen molar-refractivity contribution in [3.05, 3.63) is 0 Å². The fourth-order valence-electron chi connectivity index (χ4n) is 0. The van der Waals surface area contributed by atoms with Crippen LogP contribution in [0.1, 0.15) is 6.92 Å². The summed E-state index contributed by atoms with van der Waals surface area (Å²) in [5.74, 6) is 0. The molecule has 0 unspecified atom stereocenters. The Hall–Kier alpha value is 1.02. The summed E-state index contributed by atoms with van der Waals surface area (Å²) in [6.45, 7) is 1.93. The van der Waals surface area contributed by atoms with Crippen LogP contribution in [0.15, 0.2) is 0 Å². The molecule has 0 aromatic heterocycles. The molecule has 24 valence electrons. The van der Waals surface area contributed by atoms with Gasteiger partial charge in [0.25, 0.3) is 0 Å². The van der Waals surface area contributed by atoms with E-state index in [0.717, 1.165) is 0 Å². The summed E-state index contributed by atoms with van der Waals surface area (Å²) < 4.78 is 0. The SMILES string of the molecule is CCO.[B-].[Na+].